The molecule has 1 fully saturated rings. The van der Waals surface area contributed by atoms with Gasteiger partial charge in [-0.25, -0.2) is 0 Å². The second-order valence-electron chi connectivity index (χ2n) is 6.15. The maximum atomic E-state index is 12.4. The SMILES string of the molecule is Cc1ccc(-c2cc(C(=O)NC3(C#N)CCCCC3)on2)cc1. The smallest absolute Gasteiger partial charge is 0.291 e. The highest BCUT2D eigenvalue weighted by atomic mass is 16.5. The maximum Gasteiger partial charge on any atom is 0.291 e. The van der Waals surface area contributed by atoms with Gasteiger partial charge >= 0.3 is 0 Å². The van der Waals surface area contributed by atoms with Crippen LogP contribution in [-0.4, -0.2) is 16.6 Å². The molecular formula is C18H19N3O2. The van der Waals surface area contributed by atoms with Crippen LogP contribution in [0.3, 0.4) is 0 Å². The summed E-state index contributed by atoms with van der Waals surface area (Å²) in [4.78, 5) is 12.4. The Morgan fingerprint density at radius 2 is 1.96 bits per heavy atom. The van der Waals surface area contributed by atoms with E-state index in [-0.39, 0.29) is 11.7 Å². The summed E-state index contributed by atoms with van der Waals surface area (Å²) in [5.74, 6) is -0.236. The Labute approximate surface area is 135 Å². The molecule has 1 aromatic heterocycles. The van der Waals surface area contributed by atoms with E-state index in [9.17, 15) is 10.1 Å². The van der Waals surface area contributed by atoms with Crippen molar-refractivity contribution in [2.75, 3.05) is 0 Å². The first kappa shape index (κ1) is 15.3. The van der Waals surface area contributed by atoms with Crippen molar-refractivity contribution in [2.45, 2.75) is 44.6 Å². The van der Waals surface area contributed by atoms with Crippen LogP contribution in [0.5, 0.6) is 0 Å². The van der Waals surface area contributed by atoms with Crippen LogP contribution in [0, 0.1) is 18.3 Å². The number of hydrogen-bond acceptors (Lipinski definition) is 4. The lowest BCUT2D eigenvalue weighted by molar-refractivity contribution is 0.0865. The standard InChI is InChI=1S/C18H19N3O2/c1-13-5-7-14(8-6-13)15-11-16(23-21-15)17(22)20-18(12-19)9-3-2-4-10-18/h5-8,11H,2-4,9-10H2,1H3,(H,20,22). The molecule has 1 aromatic carbocycles. The summed E-state index contributed by atoms with van der Waals surface area (Å²) >= 11 is 0. The Bertz CT molecular complexity index is 734. The minimum atomic E-state index is -0.772. The molecule has 5 nitrogen and oxygen atoms in total. The highest BCUT2D eigenvalue weighted by Crippen LogP contribution is 2.28. The number of amides is 1. The zero-order valence-corrected chi connectivity index (χ0v) is 13.1. The molecule has 0 radical (unpaired) electrons. The minimum absolute atomic E-state index is 0.140. The van der Waals surface area contributed by atoms with Gasteiger partial charge < -0.3 is 9.84 Å². The van der Waals surface area contributed by atoms with E-state index < -0.39 is 5.54 Å². The lowest BCUT2D eigenvalue weighted by Crippen LogP contribution is -2.48. The van der Waals surface area contributed by atoms with Gasteiger partial charge in [-0.2, -0.15) is 5.26 Å². The average molecular weight is 309 g/mol. The molecule has 1 saturated carbocycles. The Hall–Kier alpha value is -2.61. The summed E-state index contributed by atoms with van der Waals surface area (Å²) < 4.78 is 5.17. The van der Waals surface area contributed by atoms with Crippen LogP contribution in [-0.2, 0) is 0 Å². The molecule has 0 atom stereocenters. The van der Waals surface area contributed by atoms with Crippen molar-refractivity contribution in [2.24, 2.45) is 0 Å². The number of carbonyl (C=O) groups excluding carboxylic acids is 1. The number of hydrogen-bond donors (Lipinski definition) is 1. The van der Waals surface area contributed by atoms with Crippen molar-refractivity contribution >= 4 is 5.91 Å². The quantitative estimate of drug-likeness (QED) is 0.939. The molecule has 1 aliphatic rings. The first-order valence-electron chi connectivity index (χ1n) is 7.89. The van der Waals surface area contributed by atoms with Crippen molar-refractivity contribution in [3.63, 3.8) is 0 Å². The van der Waals surface area contributed by atoms with Gasteiger partial charge in [-0.1, -0.05) is 54.2 Å². The first-order valence-corrected chi connectivity index (χ1v) is 7.89. The van der Waals surface area contributed by atoms with Crippen molar-refractivity contribution < 1.29 is 9.32 Å². The number of carbonyl (C=O) groups is 1. The number of benzene rings is 1. The minimum Gasteiger partial charge on any atom is -0.350 e. The molecule has 1 amide bonds. The van der Waals surface area contributed by atoms with Crippen LogP contribution >= 0.6 is 0 Å². The molecule has 1 heterocycles. The molecule has 23 heavy (non-hydrogen) atoms. The van der Waals surface area contributed by atoms with Crippen LogP contribution in [0.4, 0.5) is 0 Å². The first-order chi connectivity index (χ1) is 11.1. The molecule has 3 rings (SSSR count). The molecule has 0 bridgehead atoms. The summed E-state index contributed by atoms with van der Waals surface area (Å²) in [6, 6.07) is 11.7. The van der Waals surface area contributed by atoms with E-state index in [0.717, 1.165) is 30.4 Å². The molecule has 1 aliphatic carbocycles. The lowest BCUT2D eigenvalue weighted by Gasteiger charge is -2.30. The van der Waals surface area contributed by atoms with Gasteiger partial charge in [0.1, 0.15) is 11.2 Å². The predicted octanol–water partition coefficient (Wildman–Crippen LogP) is 3.61. The highest BCUT2D eigenvalue weighted by molar-refractivity contribution is 5.93. The van der Waals surface area contributed by atoms with E-state index in [1.807, 2.05) is 31.2 Å². The number of rotatable bonds is 3. The topological polar surface area (TPSA) is 78.9 Å². The second-order valence-corrected chi connectivity index (χ2v) is 6.15. The number of nitrogens with one attached hydrogen (secondary N) is 1. The van der Waals surface area contributed by atoms with Crippen molar-refractivity contribution in [1.82, 2.24) is 10.5 Å². The predicted molar refractivity (Wildman–Crippen MR) is 85.6 cm³/mol. The summed E-state index contributed by atoms with van der Waals surface area (Å²) in [7, 11) is 0. The van der Waals surface area contributed by atoms with Crippen molar-refractivity contribution in [3.05, 3.63) is 41.7 Å². The molecule has 2 aromatic rings. The zero-order chi connectivity index (χ0) is 16.3. The zero-order valence-electron chi connectivity index (χ0n) is 13.1. The third-order valence-corrected chi connectivity index (χ3v) is 4.36. The Balaban J connectivity index is 1.76. The van der Waals surface area contributed by atoms with Crippen LogP contribution in [0.2, 0.25) is 0 Å². The van der Waals surface area contributed by atoms with Crippen LogP contribution in [0.25, 0.3) is 11.3 Å². The fourth-order valence-electron chi connectivity index (χ4n) is 2.94. The largest absolute Gasteiger partial charge is 0.350 e. The van der Waals surface area contributed by atoms with E-state index in [1.165, 1.54) is 0 Å². The lowest BCUT2D eigenvalue weighted by atomic mass is 9.83. The van der Waals surface area contributed by atoms with Gasteiger partial charge in [0.05, 0.1) is 6.07 Å². The van der Waals surface area contributed by atoms with Crippen molar-refractivity contribution in [3.8, 4) is 17.3 Å². The monoisotopic (exact) mass is 309 g/mol. The summed E-state index contributed by atoms with van der Waals surface area (Å²) in [5.41, 5.74) is 1.89. The fraction of sp³-hybridized carbons (Fsp3) is 0.389. The fourth-order valence-corrected chi connectivity index (χ4v) is 2.94. The van der Waals surface area contributed by atoms with Crippen molar-refractivity contribution in [1.29, 1.82) is 5.26 Å². The van der Waals surface area contributed by atoms with Gasteiger partial charge in [-0.3, -0.25) is 4.79 Å². The Morgan fingerprint density at radius 3 is 2.61 bits per heavy atom. The molecule has 118 valence electrons. The molecule has 0 spiro atoms. The number of aromatic nitrogens is 1. The van der Waals surface area contributed by atoms with Gasteiger partial charge in [0.2, 0.25) is 5.76 Å². The van der Waals surface area contributed by atoms with E-state index in [0.29, 0.717) is 18.5 Å². The Morgan fingerprint density at radius 1 is 1.26 bits per heavy atom. The second kappa shape index (κ2) is 6.25. The average Bonchev–Trinajstić information content (AvgIpc) is 3.06. The molecule has 0 saturated heterocycles. The molecule has 0 unspecified atom stereocenters. The van der Waals surface area contributed by atoms with Crippen LogP contribution < -0.4 is 5.32 Å². The van der Waals surface area contributed by atoms with Crippen LogP contribution in [0.15, 0.2) is 34.9 Å². The van der Waals surface area contributed by atoms with E-state index in [2.05, 4.69) is 16.5 Å². The van der Waals surface area contributed by atoms with E-state index >= 15 is 0 Å². The summed E-state index contributed by atoms with van der Waals surface area (Å²) in [6.07, 6.45) is 4.40. The van der Waals surface area contributed by atoms with E-state index in [4.69, 9.17) is 4.52 Å². The number of nitriles is 1. The third-order valence-electron chi connectivity index (χ3n) is 4.36. The summed E-state index contributed by atoms with van der Waals surface area (Å²) in [5, 5.41) is 16.2. The van der Waals surface area contributed by atoms with Gasteiger partial charge in [0.25, 0.3) is 5.91 Å². The van der Waals surface area contributed by atoms with Gasteiger partial charge in [0, 0.05) is 11.6 Å². The summed E-state index contributed by atoms with van der Waals surface area (Å²) in [6.45, 7) is 2.01. The normalized spacial score (nSPS) is 16.5. The maximum absolute atomic E-state index is 12.4. The third kappa shape index (κ3) is 3.26. The van der Waals surface area contributed by atoms with Gasteiger partial charge in [-0.05, 0) is 19.8 Å². The molecule has 0 aliphatic heterocycles. The van der Waals surface area contributed by atoms with E-state index in [1.54, 1.807) is 6.07 Å². The highest BCUT2D eigenvalue weighted by Gasteiger charge is 2.34. The number of aryl methyl sites for hydroxylation is 1. The Kier molecular flexibility index (Phi) is 4.16. The molecular weight excluding hydrogens is 290 g/mol. The molecule has 5 heteroatoms. The van der Waals surface area contributed by atoms with Crippen LogP contribution in [0.1, 0.15) is 48.2 Å². The molecule has 1 N–H and O–H groups in total. The van der Waals surface area contributed by atoms with Gasteiger partial charge in [0.15, 0.2) is 0 Å². The number of nitrogens with zero attached hydrogens (tertiary/aromatic N) is 2. The van der Waals surface area contributed by atoms with Gasteiger partial charge in [-0.15, -0.1) is 0 Å².